The summed E-state index contributed by atoms with van der Waals surface area (Å²) in [5, 5.41) is 12.3. The highest BCUT2D eigenvalue weighted by Gasteiger charge is 2.67. The Morgan fingerprint density at radius 1 is 1.06 bits per heavy atom. The Hall–Kier alpha value is -0.840. The van der Waals surface area contributed by atoms with Crippen molar-refractivity contribution in [2.45, 2.75) is 102 Å². The molecule has 0 saturated heterocycles. The van der Waals surface area contributed by atoms with Gasteiger partial charge in [-0.2, -0.15) is 0 Å². The molecule has 4 aliphatic carbocycles. The molecule has 0 amide bonds. The fraction of sp³-hybridized carbons (Fsp3) is 0.852. The van der Waals surface area contributed by atoms with Crippen molar-refractivity contribution < 1.29 is 14.3 Å². The zero-order valence-electron chi connectivity index (χ0n) is 19.7. The molecule has 0 aromatic carbocycles. The van der Waals surface area contributed by atoms with Crippen LogP contribution in [0.1, 0.15) is 96.0 Å². The predicted octanol–water partition coefficient (Wildman–Crippen LogP) is 5.64. The monoisotopic (exact) mass is 429 g/mol. The van der Waals surface area contributed by atoms with E-state index < -0.39 is 5.60 Å². The summed E-state index contributed by atoms with van der Waals surface area (Å²) in [5.74, 6) is 2.29. The lowest BCUT2D eigenvalue weighted by Gasteiger charge is -2.63. The molecule has 4 aliphatic rings. The molecule has 4 saturated carbocycles. The maximum Gasteiger partial charge on any atom is 0.0937 e. The number of rotatable bonds is 6. The minimum Gasteiger partial charge on any atom is -0.472 e. The van der Waals surface area contributed by atoms with Crippen LogP contribution in [0.25, 0.3) is 0 Å². The van der Waals surface area contributed by atoms with E-state index in [1.54, 1.807) is 6.26 Å². The molecule has 4 nitrogen and oxygen atoms in total. The van der Waals surface area contributed by atoms with E-state index in [0.29, 0.717) is 29.3 Å². The van der Waals surface area contributed by atoms with Gasteiger partial charge in [-0.15, -0.1) is 0 Å². The quantitative estimate of drug-likeness (QED) is 0.574. The molecule has 0 spiro atoms. The maximum absolute atomic E-state index is 12.3. The Bertz CT molecular complexity index is 750. The van der Waals surface area contributed by atoms with Crippen LogP contribution in [0, 0.1) is 28.6 Å². The molecule has 0 radical (unpaired) electrons. The molecule has 3 N–H and O–H groups in total. The summed E-state index contributed by atoms with van der Waals surface area (Å²) in [4.78, 5) is 0. The van der Waals surface area contributed by atoms with Crippen LogP contribution in [0.3, 0.4) is 0 Å². The Balaban J connectivity index is 1.31. The summed E-state index contributed by atoms with van der Waals surface area (Å²) in [6.07, 6.45) is 16.9. The summed E-state index contributed by atoms with van der Waals surface area (Å²) < 4.78 is 11.7. The second-order valence-corrected chi connectivity index (χ2v) is 11.8. The fourth-order valence-electron chi connectivity index (χ4n) is 8.84. The standard InChI is InChI=1S/C27H43NO3/c1-25-11-7-21(31-15-4-3-14-28)17-20(25)5-6-24-23(25)8-12-26(2)22(9-13-27(24,26)29)19-10-16-30-18-19/h10,16,18,20-24,29H,3-9,11-15,17,28H2,1-2H3/t20?,21?,22?,23-,24-,25+,26-,27-/m1/s1. The highest BCUT2D eigenvalue weighted by atomic mass is 16.5. The van der Waals surface area contributed by atoms with Gasteiger partial charge in [-0.25, -0.2) is 0 Å². The van der Waals surface area contributed by atoms with Gasteiger partial charge in [-0.05, 0) is 118 Å². The summed E-state index contributed by atoms with van der Waals surface area (Å²) >= 11 is 0. The van der Waals surface area contributed by atoms with Gasteiger partial charge in [0.2, 0.25) is 0 Å². The van der Waals surface area contributed by atoms with E-state index in [0.717, 1.165) is 51.2 Å². The number of furan rings is 1. The largest absolute Gasteiger partial charge is 0.472 e. The fourth-order valence-corrected chi connectivity index (χ4v) is 8.84. The smallest absolute Gasteiger partial charge is 0.0937 e. The first-order valence-electron chi connectivity index (χ1n) is 13.0. The van der Waals surface area contributed by atoms with Crippen LogP contribution in [0.2, 0.25) is 0 Å². The second kappa shape index (κ2) is 8.18. The van der Waals surface area contributed by atoms with E-state index in [4.69, 9.17) is 14.9 Å². The minimum absolute atomic E-state index is 0.0233. The number of fused-ring (bicyclic) bond motifs is 5. The van der Waals surface area contributed by atoms with Crippen LogP contribution in [-0.2, 0) is 4.74 Å². The van der Waals surface area contributed by atoms with Crippen LogP contribution in [0.5, 0.6) is 0 Å². The second-order valence-electron chi connectivity index (χ2n) is 11.8. The van der Waals surface area contributed by atoms with Gasteiger partial charge < -0.3 is 20.0 Å². The highest BCUT2D eigenvalue weighted by molar-refractivity contribution is 5.26. The first-order valence-corrected chi connectivity index (χ1v) is 13.0. The number of nitrogens with two attached hydrogens (primary N) is 1. The van der Waals surface area contributed by atoms with Gasteiger partial charge >= 0.3 is 0 Å². The summed E-state index contributed by atoms with van der Waals surface area (Å²) in [7, 11) is 0. The Labute approximate surface area is 188 Å². The molecular formula is C27H43NO3. The third kappa shape index (κ3) is 3.35. The average Bonchev–Trinajstić information content (AvgIpc) is 3.37. The third-order valence-electron chi connectivity index (χ3n) is 10.7. The number of ether oxygens (including phenoxy) is 1. The molecule has 4 heteroatoms. The van der Waals surface area contributed by atoms with Crippen LogP contribution in [0.4, 0.5) is 0 Å². The van der Waals surface area contributed by atoms with Gasteiger partial charge in [0.15, 0.2) is 0 Å². The minimum atomic E-state index is -0.526. The van der Waals surface area contributed by atoms with E-state index >= 15 is 0 Å². The zero-order chi connectivity index (χ0) is 21.7. The Kier molecular flexibility index (Phi) is 5.80. The lowest BCUT2D eigenvalue weighted by molar-refractivity contribution is -0.207. The van der Waals surface area contributed by atoms with Crippen molar-refractivity contribution in [2.24, 2.45) is 34.3 Å². The van der Waals surface area contributed by atoms with Crippen molar-refractivity contribution in [3.63, 3.8) is 0 Å². The number of hydrogen-bond donors (Lipinski definition) is 2. The van der Waals surface area contributed by atoms with Gasteiger partial charge in [0, 0.05) is 12.0 Å². The predicted molar refractivity (Wildman–Crippen MR) is 123 cm³/mol. The van der Waals surface area contributed by atoms with E-state index in [1.807, 2.05) is 6.26 Å². The van der Waals surface area contributed by atoms with Gasteiger partial charge in [0.05, 0.1) is 24.2 Å². The highest BCUT2D eigenvalue weighted by Crippen LogP contribution is 2.70. The lowest BCUT2D eigenvalue weighted by Crippen LogP contribution is -2.62. The first-order chi connectivity index (χ1) is 14.9. The molecular weight excluding hydrogens is 386 g/mol. The molecule has 174 valence electrons. The van der Waals surface area contributed by atoms with E-state index in [9.17, 15) is 5.11 Å². The molecule has 1 heterocycles. The summed E-state index contributed by atoms with van der Waals surface area (Å²) in [6, 6.07) is 2.13. The summed E-state index contributed by atoms with van der Waals surface area (Å²) in [6.45, 7) is 6.58. The first kappa shape index (κ1) is 22.0. The number of aliphatic hydroxyl groups is 1. The van der Waals surface area contributed by atoms with Gasteiger partial charge in [0.25, 0.3) is 0 Å². The average molecular weight is 430 g/mol. The van der Waals surface area contributed by atoms with Crippen molar-refractivity contribution in [1.29, 1.82) is 0 Å². The maximum atomic E-state index is 12.3. The van der Waals surface area contributed by atoms with Gasteiger partial charge in [-0.1, -0.05) is 13.8 Å². The molecule has 4 fully saturated rings. The molecule has 1 aromatic heterocycles. The van der Waals surface area contributed by atoms with Crippen LogP contribution >= 0.6 is 0 Å². The number of hydrogen-bond acceptors (Lipinski definition) is 4. The lowest BCUT2D eigenvalue weighted by atomic mass is 9.43. The molecule has 31 heavy (non-hydrogen) atoms. The molecule has 0 aliphatic heterocycles. The molecule has 1 aromatic rings. The van der Waals surface area contributed by atoms with Gasteiger partial charge in [-0.3, -0.25) is 0 Å². The molecule has 8 atom stereocenters. The third-order valence-corrected chi connectivity index (χ3v) is 10.7. The Morgan fingerprint density at radius 3 is 2.71 bits per heavy atom. The van der Waals surface area contributed by atoms with Crippen molar-refractivity contribution in [3.05, 3.63) is 24.2 Å². The topological polar surface area (TPSA) is 68.6 Å². The SMILES string of the molecule is C[C@]12CCC(OCCCCN)CC1CC[C@@H]1[C@H]2CC[C@]2(C)C(c3ccoc3)CC[C@@]12O. The van der Waals surface area contributed by atoms with E-state index in [1.165, 1.54) is 44.1 Å². The van der Waals surface area contributed by atoms with Crippen LogP contribution < -0.4 is 5.73 Å². The van der Waals surface area contributed by atoms with E-state index in [2.05, 4.69) is 19.9 Å². The van der Waals surface area contributed by atoms with Crippen molar-refractivity contribution in [3.8, 4) is 0 Å². The van der Waals surface area contributed by atoms with Crippen molar-refractivity contribution in [2.75, 3.05) is 13.2 Å². The molecule has 5 rings (SSSR count). The summed E-state index contributed by atoms with van der Waals surface area (Å²) in [5.41, 5.74) is 6.74. The zero-order valence-corrected chi connectivity index (χ0v) is 19.7. The molecule has 0 bridgehead atoms. The van der Waals surface area contributed by atoms with Gasteiger partial charge in [0.1, 0.15) is 0 Å². The van der Waals surface area contributed by atoms with Crippen molar-refractivity contribution >= 4 is 0 Å². The normalized spacial score (nSPS) is 46.9. The Morgan fingerprint density at radius 2 is 1.94 bits per heavy atom. The van der Waals surface area contributed by atoms with E-state index in [-0.39, 0.29) is 5.41 Å². The molecule has 3 unspecified atom stereocenters. The van der Waals surface area contributed by atoms with Crippen molar-refractivity contribution in [1.82, 2.24) is 0 Å². The van der Waals surface area contributed by atoms with Crippen LogP contribution in [0.15, 0.2) is 23.0 Å². The van der Waals surface area contributed by atoms with Crippen LogP contribution in [-0.4, -0.2) is 30.0 Å². The number of unbranched alkanes of at least 4 members (excludes halogenated alkanes) is 1.